The van der Waals surface area contributed by atoms with E-state index in [2.05, 4.69) is 15.4 Å². The smallest absolute Gasteiger partial charge is 0.275 e. The molecule has 7 heteroatoms. The summed E-state index contributed by atoms with van der Waals surface area (Å²) in [6.45, 7) is 0. The summed E-state index contributed by atoms with van der Waals surface area (Å²) in [5.41, 5.74) is 1.83. The maximum absolute atomic E-state index is 12.9. The lowest BCUT2D eigenvalue weighted by atomic mass is 10.1. The van der Waals surface area contributed by atoms with Crippen molar-refractivity contribution in [1.82, 2.24) is 14.8 Å². The summed E-state index contributed by atoms with van der Waals surface area (Å²) in [6.07, 6.45) is 2.20. The van der Waals surface area contributed by atoms with Crippen molar-refractivity contribution in [3.05, 3.63) is 87.7 Å². The predicted octanol–water partition coefficient (Wildman–Crippen LogP) is 2.16. The fraction of sp³-hybridized carbons (Fsp3) is 0.111. The van der Waals surface area contributed by atoms with Crippen LogP contribution in [-0.4, -0.2) is 20.7 Å². The summed E-state index contributed by atoms with van der Waals surface area (Å²) in [5, 5.41) is 6.52. The topological polar surface area (TPSA) is 76.9 Å². The minimum Gasteiger partial charge on any atom is -0.304 e. The second-order valence-corrected chi connectivity index (χ2v) is 5.49. The van der Waals surface area contributed by atoms with Gasteiger partial charge in [0.2, 0.25) is 0 Å². The second-order valence-electron chi connectivity index (χ2n) is 5.49. The molecule has 0 atom stereocenters. The van der Waals surface area contributed by atoms with Crippen molar-refractivity contribution >= 4 is 11.7 Å². The van der Waals surface area contributed by atoms with Crippen molar-refractivity contribution in [2.75, 3.05) is 5.32 Å². The Morgan fingerprint density at radius 2 is 1.80 bits per heavy atom. The number of carbonyl (C=O) groups excluding carboxylic acids is 1. The molecule has 0 aliphatic rings. The molecule has 0 aliphatic carbocycles. The van der Waals surface area contributed by atoms with Crippen LogP contribution in [0.5, 0.6) is 0 Å². The van der Waals surface area contributed by atoms with Gasteiger partial charge >= 0.3 is 0 Å². The number of carbonyl (C=O) groups is 1. The fourth-order valence-electron chi connectivity index (χ4n) is 2.25. The Kier molecular flexibility index (Phi) is 4.65. The van der Waals surface area contributed by atoms with Gasteiger partial charge in [0.15, 0.2) is 5.82 Å². The van der Waals surface area contributed by atoms with Crippen LogP contribution in [-0.2, 0) is 13.5 Å². The summed E-state index contributed by atoms with van der Waals surface area (Å²) in [6, 6.07) is 12.4. The molecule has 3 rings (SSSR count). The number of benzene rings is 1. The van der Waals surface area contributed by atoms with Crippen molar-refractivity contribution in [3.8, 4) is 0 Å². The summed E-state index contributed by atoms with van der Waals surface area (Å²) < 4.78 is 14.0. The van der Waals surface area contributed by atoms with Gasteiger partial charge in [-0.3, -0.25) is 14.6 Å². The molecule has 0 fully saturated rings. The average Bonchev–Trinajstić information content (AvgIpc) is 2.61. The van der Waals surface area contributed by atoms with E-state index < -0.39 is 5.91 Å². The van der Waals surface area contributed by atoms with Gasteiger partial charge in [0.05, 0.1) is 0 Å². The van der Waals surface area contributed by atoms with Crippen molar-refractivity contribution in [2.24, 2.45) is 7.05 Å². The molecule has 0 saturated carbocycles. The lowest BCUT2D eigenvalue weighted by Gasteiger charge is -2.06. The Morgan fingerprint density at radius 3 is 2.44 bits per heavy atom. The monoisotopic (exact) mass is 338 g/mol. The molecule has 0 bridgehead atoms. The lowest BCUT2D eigenvalue weighted by molar-refractivity contribution is 0.102. The van der Waals surface area contributed by atoms with Crippen LogP contribution >= 0.6 is 0 Å². The van der Waals surface area contributed by atoms with Gasteiger partial charge < -0.3 is 5.32 Å². The third kappa shape index (κ3) is 4.14. The van der Waals surface area contributed by atoms with E-state index in [1.165, 1.54) is 31.3 Å². The summed E-state index contributed by atoms with van der Waals surface area (Å²) in [5.74, 6) is -0.426. The standard InChI is InChI=1S/C18H15FN4O2/c1-23-17(24)9-8-16(22-23)21-18(25)15-7-4-13(11-20-15)10-12-2-5-14(19)6-3-12/h2-9,11H,10H2,1H3,(H,21,22,25). The highest BCUT2D eigenvalue weighted by molar-refractivity contribution is 6.02. The van der Waals surface area contributed by atoms with Crippen molar-refractivity contribution < 1.29 is 9.18 Å². The molecule has 126 valence electrons. The second kappa shape index (κ2) is 7.04. The first-order valence-electron chi connectivity index (χ1n) is 7.56. The molecule has 0 radical (unpaired) electrons. The zero-order valence-corrected chi connectivity index (χ0v) is 13.4. The Hall–Kier alpha value is -3.35. The van der Waals surface area contributed by atoms with Crippen molar-refractivity contribution in [3.63, 3.8) is 0 Å². The third-order valence-corrected chi connectivity index (χ3v) is 3.58. The average molecular weight is 338 g/mol. The van der Waals surface area contributed by atoms with Crippen molar-refractivity contribution in [2.45, 2.75) is 6.42 Å². The molecule has 3 aromatic rings. The van der Waals surface area contributed by atoms with Gasteiger partial charge in [0, 0.05) is 19.3 Å². The highest BCUT2D eigenvalue weighted by atomic mass is 19.1. The molecule has 25 heavy (non-hydrogen) atoms. The molecule has 0 unspecified atom stereocenters. The highest BCUT2D eigenvalue weighted by Crippen LogP contribution is 2.11. The van der Waals surface area contributed by atoms with Crippen LogP contribution in [0.1, 0.15) is 21.6 Å². The molecule has 0 spiro atoms. The molecule has 2 aromatic heterocycles. The maximum Gasteiger partial charge on any atom is 0.275 e. The minimum absolute atomic E-state index is 0.235. The molecule has 1 aromatic carbocycles. The van der Waals surface area contributed by atoms with E-state index in [0.717, 1.165) is 15.8 Å². The number of aryl methyl sites for hydroxylation is 1. The van der Waals surface area contributed by atoms with Crippen LogP contribution in [0.2, 0.25) is 0 Å². The number of hydrogen-bond donors (Lipinski definition) is 1. The number of halogens is 1. The number of nitrogens with one attached hydrogen (secondary N) is 1. The molecule has 0 saturated heterocycles. The quantitative estimate of drug-likeness (QED) is 0.791. The first-order chi connectivity index (χ1) is 12.0. The number of anilines is 1. The summed E-state index contributed by atoms with van der Waals surface area (Å²) >= 11 is 0. The zero-order valence-electron chi connectivity index (χ0n) is 13.4. The van der Waals surface area contributed by atoms with Gasteiger partial charge in [0.1, 0.15) is 11.5 Å². The summed E-state index contributed by atoms with van der Waals surface area (Å²) in [7, 11) is 1.50. The highest BCUT2D eigenvalue weighted by Gasteiger charge is 2.09. The van der Waals surface area contributed by atoms with E-state index in [4.69, 9.17) is 0 Å². The van der Waals surface area contributed by atoms with Crippen LogP contribution in [0.25, 0.3) is 0 Å². The maximum atomic E-state index is 12.9. The van der Waals surface area contributed by atoms with E-state index >= 15 is 0 Å². The van der Waals surface area contributed by atoms with E-state index in [9.17, 15) is 14.0 Å². The van der Waals surface area contributed by atoms with Gasteiger partial charge in [-0.15, -0.1) is 0 Å². The summed E-state index contributed by atoms with van der Waals surface area (Å²) in [4.78, 5) is 27.6. The van der Waals surface area contributed by atoms with Gasteiger partial charge in [-0.2, -0.15) is 5.10 Å². The van der Waals surface area contributed by atoms with Gasteiger partial charge in [-0.25, -0.2) is 9.07 Å². The van der Waals surface area contributed by atoms with Gasteiger partial charge in [0.25, 0.3) is 11.5 Å². The van der Waals surface area contributed by atoms with Crippen LogP contribution in [0.15, 0.2) is 59.5 Å². The third-order valence-electron chi connectivity index (χ3n) is 3.58. The number of hydrogen-bond acceptors (Lipinski definition) is 4. The van der Waals surface area contributed by atoms with Crippen molar-refractivity contribution in [1.29, 1.82) is 0 Å². The first kappa shape index (κ1) is 16.5. The molecule has 6 nitrogen and oxygen atoms in total. The van der Waals surface area contributed by atoms with Crippen LogP contribution < -0.4 is 10.9 Å². The van der Waals surface area contributed by atoms with E-state index in [1.54, 1.807) is 30.5 Å². The first-order valence-corrected chi connectivity index (χ1v) is 7.56. The normalized spacial score (nSPS) is 10.5. The van der Waals surface area contributed by atoms with E-state index in [-0.39, 0.29) is 22.9 Å². The van der Waals surface area contributed by atoms with Crippen LogP contribution in [0.4, 0.5) is 10.2 Å². The lowest BCUT2D eigenvalue weighted by Crippen LogP contribution is -2.22. The van der Waals surface area contributed by atoms with Crippen LogP contribution in [0.3, 0.4) is 0 Å². The molecule has 0 aliphatic heterocycles. The Bertz CT molecular complexity index is 950. The molecule has 1 amide bonds. The minimum atomic E-state index is -0.417. The SMILES string of the molecule is Cn1nc(NC(=O)c2ccc(Cc3ccc(F)cc3)cn2)ccc1=O. The molecular weight excluding hydrogens is 323 g/mol. The molecule has 2 heterocycles. The van der Waals surface area contributed by atoms with Gasteiger partial charge in [-0.05, 0) is 41.8 Å². The number of rotatable bonds is 4. The molecular formula is C18H15FN4O2. The number of amides is 1. The Morgan fingerprint density at radius 1 is 1.08 bits per heavy atom. The predicted molar refractivity (Wildman–Crippen MR) is 90.9 cm³/mol. The number of aromatic nitrogens is 3. The van der Waals surface area contributed by atoms with Crippen LogP contribution in [0, 0.1) is 5.82 Å². The Labute approximate surface area is 143 Å². The largest absolute Gasteiger partial charge is 0.304 e. The molecule has 1 N–H and O–H groups in total. The van der Waals surface area contributed by atoms with Gasteiger partial charge in [-0.1, -0.05) is 18.2 Å². The van der Waals surface area contributed by atoms with E-state index in [0.29, 0.717) is 6.42 Å². The number of pyridine rings is 1. The number of nitrogens with zero attached hydrogens (tertiary/aromatic N) is 3. The zero-order chi connectivity index (χ0) is 17.8. The fourth-order valence-corrected chi connectivity index (χ4v) is 2.25. The van der Waals surface area contributed by atoms with E-state index in [1.807, 2.05) is 0 Å². The Balaban J connectivity index is 1.68.